The van der Waals surface area contributed by atoms with Gasteiger partial charge in [-0.15, -0.1) is 0 Å². The Hall–Kier alpha value is -2.58. The number of amides is 1. The summed E-state index contributed by atoms with van der Waals surface area (Å²) in [6.45, 7) is 5.80. The van der Waals surface area contributed by atoms with Gasteiger partial charge in [-0.2, -0.15) is 13.2 Å². The summed E-state index contributed by atoms with van der Waals surface area (Å²) in [5, 5.41) is 2.58. The Morgan fingerprint density at radius 1 is 1.24 bits per heavy atom. The van der Waals surface area contributed by atoms with Crippen molar-refractivity contribution in [3.8, 4) is 0 Å². The molecule has 0 aliphatic rings. The summed E-state index contributed by atoms with van der Waals surface area (Å²) in [5.41, 5.74) is -0.300. The zero-order valence-corrected chi connectivity index (χ0v) is 14.1. The van der Waals surface area contributed by atoms with Gasteiger partial charge in [-0.05, 0) is 32.4 Å². The Balaban J connectivity index is 1.90. The van der Waals surface area contributed by atoms with Crippen molar-refractivity contribution in [2.24, 2.45) is 0 Å². The van der Waals surface area contributed by atoms with Crippen LogP contribution in [-0.4, -0.2) is 26.2 Å². The zero-order chi connectivity index (χ0) is 18.7. The molecule has 0 aliphatic carbocycles. The number of carbonyl (C=O) groups is 1. The first-order valence-electron chi connectivity index (χ1n) is 7.52. The van der Waals surface area contributed by atoms with E-state index in [1.165, 1.54) is 18.6 Å². The molecule has 0 atom stereocenters. The third kappa shape index (κ3) is 6.09. The number of ether oxygens (including phenoxy) is 1. The van der Waals surface area contributed by atoms with E-state index in [0.29, 0.717) is 17.8 Å². The lowest BCUT2D eigenvalue weighted by Gasteiger charge is -2.19. The Kier molecular flexibility index (Phi) is 5.34. The average Bonchev–Trinajstić information content (AvgIpc) is 2.90. The second-order valence-corrected chi connectivity index (χ2v) is 6.44. The molecule has 0 aromatic carbocycles. The van der Waals surface area contributed by atoms with E-state index in [2.05, 4.69) is 15.3 Å². The van der Waals surface area contributed by atoms with Gasteiger partial charge >= 0.3 is 12.3 Å². The number of alkyl halides is 3. The molecule has 136 valence electrons. The van der Waals surface area contributed by atoms with Crippen molar-refractivity contribution < 1.29 is 22.7 Å². The average molecular weight is 356 g/mol. The first-order chi connectivity index (χ1) is 11.5. The Morgan fingerprint density at radius 3 is 2.52 bits per heavy atom. The van der Waals surface area contributed by atoms with Crippen LogP contribution in [-0.2, 0) is 24.0 Å². The number of rotatable bonds is 4. The van der Waals surface area contributed by atoms with Gasteiger partial charge in [-0.1, -0.05) is 6.07 Å². The third-order valence-corrected chi connectivity index (χ3v) is 2.98. The molecule has 1 amide bonds. The number of halogens is 3. The van der Waals surface area contributed by atoms with Gasteiger partial charge in [0, 0.05) is 12.4 Å². The third-order valence-electron chi connectivity index (χ3n) is 2.98. The van der Waals surface area contributed by atoms with E-state index >= 15 is 0 Å². The highest BCUT2D eigenvalue weighted by Gasteiger charge is 2.31. The largest absolute Gasteiger partial charge is 0.444 e. The molecule has 0 saturated heterocycles. The van der Waals surface area contributed by atoms with Crippen LogP contribution in [0, 0.1) is 0 Å². The molecule has 2 aromatic heterocycles. The molecule has 6 nitrogen and oxygen atoms in total. The molecular weight excluding hydrogens is 337 g/mol. The summed E-state index contributed by atoms with van der Waals surface area (Å²) in [6, 6.07) is 2.31. The molecule has 0 spiro atoms. The molecule has 0 bridgehead atoms. The van der Waals surface area contributed by atoms with Crippen molar-refractivity contribution in [1.82, 2.24) is 19.9 Å². The van der Waals surface area contributed by atoms with Gasteiger partial charge in [0.15, 0.2) is 0 Å². The topological polar surface area (TPSA) is 69.0 Å². The predicted octanol–water partition coefficient (Wildman–Crippen LogP) is 3.37. The number of nitrogens with one attached hydrogen (secondary N) is 1. The van der Waals surface area contributed by atoms with Gasteiger partial charge < -0.3 is 14.6 Å². The normalized spacial score (nSPS) is 12.1. The van der Waals surface area contributed by atoms with Gasteiger partial charge in [0.25, 0.3) is 0 Å². The van der Waals surface area contributed by atoms with Crippen LogP contribution >= 0.6 is 0 Å². The predicted molar refractivity (Wildman–Crippen MR) is 83.6 cm³/mol. The molecule has 0 unspecified atom stereocenters. The number of carbonyl (C=O) groups excluding carboxylic acids is 1. The van der Waals surface area contributed by atoms with E-state index in [1.807, 2.05) is 0 Å². The van der Waals surface area contributed by atoms with Gasteiger partial charge in [-0.25, -0.2) is 9.78 Å². The van der Waals surface area contributed by atoms with Crippen LogP contribution in [0.1, 0.15) is 37.7 Å². The Labute approximate surface area is 143 Å². The summed E-state index contributed by atoms with van der Waals surface area (Å²) in [7, 11) is 0. The second kappa shape index (κ2) is 7.12. The number of nitrogens with zero attached hydrogens (tertiary/aromatic N) is 3. The Morgan fingerprint density at radius 2 is 1.96 bits per heavy atom. The number of aromatic nitrogens is 3. The fourth-order valence-corrected chi connectivity index (χ4v) is 1.96. The number of pyridine rings is 1. The minimum absolute atomic E-state index is 0.188. The van der Waals surface area contributed by atoms with Crippen molar-refractivity contribution in [1.29, 1.82) is 0 Å². The summed E-state index contributed by atoms with van der Waals surface area (Å²) in [4.78, 5) is 19.1. The minimum Gasteiger partial charge on any atom is -0.444 e. The highest BCUT2D eigenvalue weighted by molar-refractivity contribution is 5.67. The first kappa shape index (κ1) is 18.8. The fourth-order valence-electron chi connectivity index (χ4n) is 1.96. The zero-order valence-electron chi connectivity index (χ0n) is 14.1. The summed E-state index contributed by atoms with van der Waals surface area (Å²) in [5.74, 6) is 0. The molecule has 2 heterocycles. The van der Waals surface area contributed by atoms with Crippen molar-refractivity contribution in [2.45, 2.75) is 45.6 Å². The summed E-state index contributed by atoms with van der Waals surface area (Å²) < 4.78 is 44.2. The van der Waals surface area contributed by atoms with Gasteiger partial charge in [-0.3, -0.25) is 4.98 Å². The first-order valence-corrected chi connectivity index (χ1v) is 7.52. The molecule has 2 rings (SSSR count). The van der Waals surface area contributed by atoms with Crippen LogP contribution in [0.5, 0.6) is 0 Å². The smallest absolute Gasteiger partial charge is 0.433 e. The van der Waals surface area contributed by atoms with E-state index in [4.69, 9.17) is 4.74 Å². The van der Waals surface area contributed by atoms with Gasteiger partial charge in [0.2, 0.25) is 0 Å². The number of alkyl carbamates (subject to hydrolysis) is 1. The monoisotopic (exact) mass is 356 g/mol. The van der Waals surface area contributed by atoms with E-state index < -0.39 is 23.6 Å². The highest BCUT2D eigenvalue weighted by Crippen LogP contribution is 2.27. The minimum atomic E-state index is -4.45. The van der Waals surface area contributed by atoms with Crippen LogP contribution in [0.3, 0.4) is 0 Å². The van der Waals surface area contributed by atoms with Crippen molar-refractivity contribution in [2.75, 3.05) is 0 Å². The lowest BCUT2D eigenvalue weighted by atomic mass is 10.2. The van der Waals surface area contributed by atoms with Gasteiger partial charge in [0.05, 0.1) is 25.1 Å². The van der Waals surface area contributed by atoms with Crippen LogP contribution in [0.25, 0.3) is 0 Å². The lowest BCUT2D eigenvalue weighted by Crippen LogP contribution is -2.32. The van der Waals surface area contributed by atoms with E-state index in [0.717, 1.165) is 6.07 Å². The van der Waals surface area contributed by atoms with Crippen molar-refractivity contribution in [3.63, 3.8) is 0 Å². The number of hydrogen-bond donors (Lipinski definition) is 1. The molecule has 9 heteroatoms. The molecule has 1 N–H and O–H groups in total. The lowest BCUT2D eigenvalue weighted by molar-refractivity contribution is -0.141. The fraction of sp³-hybridized carbons (Fsp3) is 0.438. The summed E-state index contributed by atoms with van der Waals surface area (Å²) >= 11 is 0. The molecule has 0 fully saturated rings. The SMILES string of the molecule is CC(C)(C)OC(=O)NCc1cn(Cc2ccc(C(F)(F)F)nc2)cn1. The van der Waals surface area contributed by atoms with Crippen LogP contribution in [0.2, 0.25) is 0 Å². The highest BCUT2D eigenvalue weighted by atomic mass is 19.4. The van der Waals surface area contributed by atoms with Crippen LogP contribution in [0.15, 0.2) is 30.9 Å². The van der Waals surface area contributed by atoms with E-state index in [9.17, 15) is 18.0 Å². The molecule has 0 saturated carbocycles. The van der Waals surface area contributed by atoms with Crippen LogP contribution in [0.4, 0.5) is 18.0 Å². The molecule has 0 radical (unpaired) electrons. The summed E-state index contributed by atoms with van der Waals surface area (Å²) in [6.07, 6.45) is -0.595. The molecule has 25 heavy (non-hydrogen) atoms. The number of hydrogen-bond acceptors (Lipinski definition) is 4. The maximum Gasteiger partial charge on any atom is 0.433 e. The maximum atomic E-state index is 12.5. The van der Waals surface area contributed by atoms with Crippen molar-refractivity contribution in [3.05, 3.63) is 47.8 Å². The second-order valence-electron chi connectivity index (χ2n) is 6.44. The van der Waals surface area contributed by atoms with E-state index in [-0.39, 0.29) is 6.54 Å². The quantitative estimate of drug-likeness (QED) is 0.912. The maximum absolute atomic E-state index is 12.5. The standard InChI is InChI=1S/C16H19F3N4O2/c1-15(2,3)25-14(24)21-7-12-9-23(10-22-12)8-11-4-5-13(20-6-11)16(17,18)19/h4-6,9-10H,7-8H2,1-3H3,(H,21,24). The molecule has 2 aromatic rings. The van der Waals surface area contributed by atoms with Crippen LogP contribution < -0.4 is 5.32 Å². The Bertz CT molecular complexity index is 718. The van der Waals surface area contributed by atoms with Crippen molar-refractivity contribution >= 4 is 6.09 Å². The van der Waals surface area contributed by atoms with E-state index in [1.54, 1.807) is 31.5 Å². The van der Waals surface area contributed by atoms with Gasteiger partial charge in [0.1, 0.15) is 11.3 Å². The molecular formula is C16H19F3N4O2. The molecule has 0 aliphatic heterocycles. The number of imidazole rings is 1.